The van der Waals surface area contributed by atoms with Crippen LogP contribution >= 0.6 is 11.6 Å². The average Bonchev–Trinajstić information content (AvgIpc) is 2.77. The Bertz CT molecular complexity index is 861. The zero-order valence-electron chi connectivity index (χ0n) is 16.3. The lowest BCUT2D eigenvalue weighted by molar-refractivity contribution is -0.108. The zero-order valence-corrected chi connectivity index (χ0v) is 17.1. The molecule has 2 heterocycles. The van der Waals surface area contributed by atoms with Crippen LogP contribution in [0.3, 0.4) is 0 Å². The molecule has 2 aromatic rings. The minimum Gasteiger partial charge on any atom is -0.493 e. The Hall–Kier alpha value is -2.50. The van der Waals surface area contributed by atoms with Gasteiger partial charge in [-0.15, -0.1) is 0 Å². The minimum atomic E-state index is -0.237. The second kappa shape index (κ2) is 9.33. The Morgan fingerprint density at radius 2 is 1.90 bits per heavy atom. The van der Waals surface area contributed by atoms with E-state index in [1.807, 2.05) is 30.3 Å². The smallest absolute Gasteiger partial charge is 0.134 e. The van der Waals surface area contributed by atoms with E-state index < -0.39 is 0 Å². The van der Waals surface area contributed by atoms with Crippen LogP contribution in [-0.2, 0) is 4.79 Å². The Labute approximate surface area is 176 Å². The molecule has 0 radical (unpaired) electrons. The van der Waals surface area contributed by atoms with E-state index in [0.717, 1.165) is 61.8 Å². The largest absolute Gasteiger partial charge is 0.493 e. The van der Waals surface area contributed by atoms with Crippen LogP contribution in [0.5, 0.6) is 11.5 Å². The molecule has 0 aliphatic carbocycles. The van der Waals surface area contributed by atoms with Crippen molar-refractivity contribution in [2.75, 3.05) is 44.2 Å². The van der Waals surface area contributed by atoms with E-state index in [1.54, 1.807) is 12.3 Å². The number of ether oxygens (including phenoxy) is 2. The number of nitrogens with zero attached hydrogens (tertiary/aromatic N) is 2. The third-order valence-electron chi connectivity index (χ3n) is 5.42. The number of benzene rings is 2. The van der Waals surface area contributed by atoms with E-state index >= 15 is 0 Å². The van der Waals surface area contributed by atoms with Gasteiger partial charge in [0.25, 0.3) is 0 Å². The van der Waals surface area contributed by atoms with Gasteiger partial charge in [0.1, 0.15) is 17.8 Å². The van der Waals surface area contributed by atoms with E-state index in [4.69, 9.17) is 21.1 Å². The van der Waals surface area contributed by atoms with Crippen molar-refractivity contribution in [3.63, 3.8) is 0 Å². The Kier molecular flexibility index (Phi) is 6.37. The Balaban J connectivity index is 1.19. The molecule has 152 valence electrons. The topological polar surface area (TPSA) is 42.0 Å². The van der Waals surface area contributed by atoms with Gasteiger partial charge in [-0.1, -0.05) is 17.7 Å². The van der Waals surface area contributed by atoms with Gasteiger partial charge in [0.05, 0.1) is 18.8 Å². The first-order valence-corrected chi connectivity index (χ1v) is 10.4. The molecule has 2 aliphatic rings. The molecule has 0 N–H and O–H groups in total. The number of hydrogen-bond donors (Lipinski definition) is 0. The van der Waals surface area contributed by atoms with Gasteiger partial charge in [0.2, 0.25) is 0 Å². The van der Waals surface area contributed by atoms with Crippen molar-refractivity contribution in [1.82, 2.24) is 4.90 Å². The highest BCUT2D eigenvalue weighted by Crippen LogP contribution is 2.33. The van der Waals surface area contributed by atoms with Gasteiger partial charge in [-0.25, -0.2) is 0 Å². The lowest BCUT2D eigenvalue weighted by Gasteiger charge is -2.36. The van der Waals surface area contributed by atoms with Gasteiger partial charge < -0.3 is 19.2 Å². The highest BCUT2D eigenvalue weighted by atomic mass is 35.5. The molecule has 0 spiro atoms. The maximum atomic E-state index is 11.1. The lowest BCUT2D eigenvalue weighted by Crippen LogP contribution is -2.46. The normalized spacial score (nSPS) is 18.8. The Morgan fingerprint density at radius 1 is 1.10 bits per heavy atom. The third kappa shape index (κ3) is 4.92. The fraction of sp³-hybridized carbons (Fsp3) is 0.348. The van der Waals surface area contributed by atoms with Crippen LogP contribution in [0.15, 0.2) is 54.8 Å². The number of aldehydes is 1. The standard InChI is InChI=1S/C23H25ClN2O3/c24-19-2-4-20(5-3-19)26-12-10-25(11-13-26)9-1-14-28-21-6-7-22-18(17-27)8-15-29-23(22)16-21/h2-8,15-18H,1,9-14H2. The minimum absolute atomic E-state index is 0.237. The zero-order chi connectivity index (χ0) is 20.1. The van der Waals surface area contributed by atoms with Crippen molar-refractivity contribution in [2.24, 2.45) is 0 Å². The fourth-order valence-electron chi connectivity index (χ4n) is 3.76. The number of rotatable bonds is 7. The molecule has 29 heavy (non-hydrogen) atoms. The number of fused-ring (bicyclic) bond motifs is 1. The molecule has 2 aromatic carbocycles. The molecule has 1 unspecified atom stereocenters. The second-order valence-corrected chi connectivity index (χ2v) is 7.75. The van der Waals surface area contributed by atoms with Gasteiger partial charge in [0.15, 0.2) is 0 Å². The van der Waals surface area contributed by atoms with Gasteiger partial charge in [-0.3, -0.25) is 4.90 Å². The summed E-state index contributed by atoms with van der Waals surface area (Å²) in [6.45, 7) is 5.82. The van der Waals surface area contributed by atoms with E-state index in [9.17, 15) is 4.79 Å². The van der Waals surface area contributed by atoms with Crippen LogP contribution < -0.4 is 14.4 Å². The molecule has 2 aliphatic heterocycles. The molecule has 0 amide bonds. The second-order valence-electron chi connectivity index (χ2n) is 7.32. The van der Waals surface area contributed by atoms with Crippen LogP contribution in [0.2, 0.25) is 5.02 Å². The van der Waals surface area contributed by atoms with Crippen LogP contribution in [0.1, 0.15) is 17.9 Å². The van der Waals surface area contributed by atoms with Gasteiger partial charge in [0, 0.05) is 55.1 Å². The maximum absolute atomic E-state index is 11.1. The van der Waals surface area contributed by atoms with Gasteiger partial charge >= 0.3 is 0 Å². The van der Waals surface area contributed by atoms with E-state index in [0.29, 0.717) is 12.4 Å². The number of carbonyl (C=O) groups excluding carboxylic acids is 1. The summed E-state index contributed by atoms with van der Waals surface area (Å²) in [5.74, 6) is 1.23. The van der Waals surface area contributed by atoms with E-state index in [-0.39, 0.29) is 5.92 Å². The summed E-state index contributed by atoms with van der Waals surface area (Å²) >= 11 is 5.97. The summed E-state index contributed by atoms with van der Waals surface area (Å²) in [6, 6.07) is 13.7. The van der Waals surface area contributed by atoms with Crippen molar-refractivity contribution in [3.8, 4) is 11.5 Å². The van der Waals surface area contributed by atoms with Crippen LogP contribution in [-0.4, -0.2) is 50.5 Å². The highest BCUT2D eigenvalue weighted by molar-refractivity contribution is 6.30. The van der Waals surface area contributed by atoms with Crippen molar-refractivity contribution in [3.05, 3.63) is 65.4 Å². The first kappa shape index (κ1) is 19.8. The first-order valence-electron chi connectivity index (χ1n) is 10.0. The summed E-state index contributed by atoms with van der Waals surface area (Å²) in [4.78, 5) is 16.0. The predicted molar refractivity (Wildman–Crippen MR) is 115 cm³/mol. The number of allylic oxidation sites excluding steroid dienone is 1. The molecule has 0 bridgehead atoms. The highest BCUT2D eigenvalue weighted by Gasteiger charge is 2.18. The molecule has 5 nitrogen and oxygen atoms in total. The molecule has 1 saturated heterocycles. The van der Waals surface area contributed by atoms with Crippen molar-refractivity contribution >= 4 is 23.6 Å². The number of hydrogen-bond acceptors (Lipinski definition) is 5. The molecular formula is C23H25ClN2O3. The van der Waals surface area contributed by atoms with Crippen LogP contribution in [0.4, 0.5) is 5.69 Å². The third-order valence-corrected chi connectivity index (χ3v) is 5.68. The quantitative estimate of drug-likeness (QED) is 0.505. The SMILES string of the molecule is O=CC1C=COc2cc(OCCCN3CCN(c4ccc(Cl)cc4)CC3)ccc21. The lowest BCUT2D eigenvalue weighted by atomic mass is 9.98. The molecular weight excluding hydrogens is 388 g/mol. The summed E-state index contributed by atoms with van der Waals surface area (Å²) in [5, 5.41) is 0.776. The van der Waals surface area contributed by atoms with Crippen LogP contribution in [0.25, 0.3) is 0 Å². The molecule has 1 fully saturated rings. The summed E-state index contributed by atoms with van der Waals surface area (Å²) in [7, 11) is 0. The molecule has 6 heteroatoms. The molecule has 1 atom stereocenters. The fourth-order valence-corrected chi connectivity index (χ4v) is 3.89. The summed E-state index contributed by atoms with van der Waals surface area (Å²) in [6.07, 6.45) is 5.21. The van der Waals surface area contributed by atoms with Gasteiger partial charge in [-0.05, 0) is 42.8 Å². The molecule has 0 aromatic heterocycles. The number of carbonyl (C=O) groups is 1. The van der Waals surface area contributed by atoms with Crippen molar-refractivity contribution in [2.45, 2.75) is 12.3 Å². The average molecular weight is 413 g/mol. The van der Waals surface area contributed by atoms with E-state index in [1.165, 1.54) is 5.69 Å². The predicted octanol–water partition coefficient (Wildman–Crippen LogP) is 4.12. The Morgan fingerprint density at radius 3 is 2.66 bits per heavy atom. The van der Waals surface area contributed by atoms with Crippen LogP contribution in [0, 0.1) is 0 Å². The number of piperazine rings is 1. The van der Waals surface area contributed by atoms with Gasteiger partial charge in [-0.2, -0.15) is 0 Å². The summed E-state index contributed by atoms with van der Waals surface area (Å²) in [5.41, 5.74) is 2.12. The number of anilines is 1. The van der Waals surface area contributed by atoms with Crippen molar-refractivity contribution < 1.29 is 14.3 Å². The first-order chi connectivity index (χ1) is 14.2. The maximum Gasteiger partial charge on any atom is 0.134 e. The summed E-state index contributed by atoms with van der Waals surface area (Å²) < 4.78 is 11.4. The van der Waals surface area contributed by atoms with Crippen molar-refractivity contribution in [1.29, 1.82) is 0 Å². The molecule has 0 saturated carbocycles. The monoisotopic (exact) mass is 412 g/mol. The molecule has 4 rings (SSSR count). The van der Waals surface area contributed by atoms with E-state index in [2.05, 4.69) is 21.9 Å². The number of halogens is 1.